The molecule has 0 bridgehead atoms. The van der Waals surface area contributed by atoms with Crippen LogP contribution in [0.25, 0.3) is 0 Å². The largest absolute Gasteiger partial charge is 0.495 e. The van der Waals surface area contributed by atoms with Crippen LogP contribution in [0.5, 0.6) is 11.5 Å². The van der Waals surface area contributed by atoms with Crippen molar-refractivity contribution in [3.63, 3.8) is 0 Å². The number of thioether (sulfide) groups is 2. The average Bonchev–Trinajstić information content (AvgIpc) is 2.95. The van der Waals surface area contributed by atoms with Gasteiger partial charge in [0, 0.05) is 12.1 Å². The molecule has 16 heteroatoms. The maximum atomic E-state index is 12.5. The lowest BCUT2D eigenvalue weighted by Gasteiger charge is -2.14. The summed E-state index contributed by atoms with van der Waals surface area (Å²) in [4.78, 5) is 61.1. The molecule has 0 aliphatic carbocycles. The number of hydrogen-bond acceptors (Lipinski definition) is 12. The number of benzene rings is 2. The van der Waals surface area contributed by atoms with E-state index in [1.165, 1.54) is 14.2 Å². The van der Waals surface area contributed by atoms with Gasteiger partial charge in [0.2, 0.25) is 11.8 Å². The number of carbonyl (C=O) groups excluding carboxylic acids is 2. The van der Waals surface area contributed by atoms with E-state index < -0.39 is 11.1 Å². The highest BCUT2D eigenvalue weighted by Crippen LogP contribution is 2.30. The van der Waals surface area contributed by atoms with Crippen molar-refractivity contribution < 1.29 is 19.1 Å². The van der Waals surface area contributed by atoms with Crippen molar-refractivity contribution in [2.45, 2.75) is 16.7 Å². The van der Waals surface area contributed by atoms with Gasteiger partial charge in [0.25, 0.3) is 11.1 Å². The first-order chi connectivity index (χ1) is 20.6. The number of nitrogens with two attached hydrogens (primary N) is 2. The Morgan fingerprint density at radius 3 is 1.53 bits per heavy atom. The summed E-state index contributed by atoms with van der Waals surface area (Å²) in [6, 6.07) is 13.1. The summed E-state index contributed by atoms with van der Waals surface area (Å²) in [6.45, 7) is 0. The lowest BCUT2D eigenvalue weighted by atomic mass is 10.0. The van der Waals surface area contributed by atoms with Crippen LogP contribution in [0.2, 0.25) is 0 Å². The first kappa shape index (κ1) is 31.0. The lowest BCUT2D eigenvalue weighted by molar-refractivity contribution is -0.114. The second-order valence-electron chi connectivity index (χ2n) is 8.87. The summed E-state index contributed by atoms with van der Waals surface area (Å²) < 4.78 is 11.0. The minimum atomic E-state index is -0.397. The number of hydrogen-bond donors (Lipinski definition) is 6. The molecule has 0 unspecified atom stereocenters. The average molecular weight is 625 g/mol. The number of nitrogen functional groups attached to an aromatic ring is 2. The predicted octanol–water partition coefficient (Wildman–Crippen LogP) is 2.09. The zero-order chi connectivity index (χ0) is 30.9. The van der Waals surface area contributed by atoms with E-state index in [9.17, 15) is 19.2 Å². The summed E-state index contributed by atoms with van der Waals surface area (Å²) >= 11 is 2.09. The monoisotopic (exact) mass is 624 g/mol. The summed E-state index contributed by atoms with van der Waals surface area (Å²) in [5, 5.41) is 6.08. The van der Waals surface area contributed by atoms with E-state index in [1.807, 2.05) is 24.3 Å². The van der Waals surface area contributed by atoms with Crippen LogP contribution in [-0.2, 0) is 16.0 Å². The quantitative estimate of drug-likeness (QED) is 0.0985. The molecule has 0 saturated carbocycles. The predicted molar refractivity (Wildman–Crippen MR) is 166 cm³/mol. The highest BCUT2D eigenvalue weighted by Gasteiger charge is 2.13. The number of rotatable bonds is 12. The van der Waals surface area contributed by atoms with Gasteiger partial charge in [-0.2, -0.15) is 0 Å². The van der Waals surface area contributed by atoms with Crippen LogP contribution in [0.1, 0.15) is 11.1 Å². The fourth-order valence-corrected chi connectivity index (χ4v) is 5.18. The van der Waals surface area contributed by atoms with E-state index in [-0.39, 0.29) is 45.3 Å². The minimum absolute atomic E-state index is 0.00401. The molecule has 0 aliphatic rings. The molecule has 8 N–H and O–H groups in total. The normalized spacial score (nSPS) is 10.7. The molecule has 2 aromatic carbocycles. The van der Waals surface area contributed by atoms with Crippen LogP contribution in [0, 0.1) is 0 Å². The number of nitrogens with one attached hydrogen (secondary N) is 4. The number of aromatic amines is 2. The van der Waals surface area contributed by atoms with Gasteiger partial charge in [-0.25, -0.2) is 9.97 Å². The Morgan fingerprint density at radius 1 is 0.744 bits per heavy atom. The van der Waals surface area contributed by atoms with Crippen LogP contribution >= 0.6 is 23.5 Å². The molecule has 0 aliphatic heterocycles. The van der Waals surface area contributed by atoms with Gasteiger partial charge < -0.3 is 41.5 Å². The molecular formula is C27H28N8O6S2. The highest BCUT2D eigenvalue weighted by atomic mass is 32.2. The van der Waals surface area contributed by atoms with Crippen LogP contribution in [0.3, 0.4) is 0 Å². The minimum Gasteiger partial charge on any atom is -0.495 e. The van der Waals surface area contributed by atoms with Gasteiger partial charge in [-0.1, -0.05) is 35.7 Å². The maximum Gasteiger partial charge on any atom is 0.253 e. The van der Waals surface area contributed by atoms with Crippen molar-refractivity contribution in [2.75, 3.05) is 47.8 Å². The molecule has 2 heterocycles. The van der Waals surface area contributed by atoms with Crippen LogP contribution in [0.15, 0.2) is 68.4 Å². The van der Waals surface area contributed by atoms with Gasteiger partial charge >= 0.3 is 0 Å². The lowest BCUT2D eigenvalue weighted by Crippen LogP contribution is -2.16. The third-order valence-electron chi connectivity index (χ3n) is 5.65. The second-order valence-corrected chi connectivity index (χ2v) is 10.8. The van der Waals surface area contributed by atoms with Gasteiger partial charge in [0.1, 0.15) is 23.1 Å². The van der Waals surface area contributed by atoms with Gasteiger partial charge in [0.05, 0.1) is 37.1 Å². The van der Waals surface area contributed by atoms with E-state index in [4.69, 9.17) is 20.9 Å². The summed E-state index contributed by atoms with van der Waals surface area (Å²) in [7, 11) is 3.01. The van der Waals surface area contributed by atoms with Crippen LogP contribution in [0.4, 0.5) is 23.0 Å². The van der Waals surface area contributed by atoms with Crippen LogP contribution < -0.4 is 42.7 Å². The van der Waals surface area contributed by atoms with Gasteiger partial charge in [-0.3, -0.25) is 19.2 Å². The summed E-state index contributed by atoms with van der Waals surface area (Å²) in [5.74, 6) is 0.432. The number of aromatic nitrogens is 4. The zero-order valence-electron chi connectivity index (χ0n) is 23.1. The molecule has 4 aromatic rings. The Bertz CT molecular complexity index is 1630. The SMILES string of the molecule is COc1cc(Cc2ccc(NC(=O)CSc3nc(N)cc(=O)[nH]3)c(OC)c2)ccc1NC(=O)CSc1nc(N)cc(=O)[nH]1. The fraction of sp³-hybridized carbons (Fsp3) is 0.185. The molecule has 14 nitrogen and oxygen atoms in total. The van der Waals surface area contributed by atoms with Gasteiger partial charge in [0.15, 0.2) is 10.3 Å². The first-order valence-electron chi connectivity index (χ1n) is 12.5. The van der Waals surface area contributed by atoms with Crippen LogP contribution in [-0.4, -0.2) is 57.5 Å². The molecule has 2 aromatic heterocycles. The third kappa shape index (κ3) is 9.01. The number of nitrogens with zero attached hydrogens (tertiary/aromatic N) is 2. The van der Waals surface area contributed by atoms with Gasteiger partial charge in [-0.05, 0) is 41.8 Å². The molecule has 43 heavy (non-hydrogen) atoms. The molecular weight excluding hydrogens is 596 g/mol. The van der Waals surface area contributed by atoms with E-state index in [2.05, 4.69) is 30.6 Å². The molecule has 0 fully saturated rings. The third-order valence-corrected chi connectivity index (χ3v) is 7.39. The number of anilines is 4. The first-order valence-corrected chi connectivity index (χ1v) is 14.5. The molecule has 0 saturated heterocycles. The van der Waals surface area contributed by atoms with E-state index in [1.54, 1.807) is 12.1 Å². The summed E-state index contributed by atoms with van der Waals surface area (Å²) in [5.41, 5.74) is 13.1. The molecule has 0 spiro atoms. The summed E-state index contributed by atoms with van der Waals surface area (Å²) in [6.07, 6.45) is 0.518. The van der Waals surface area contributed by atoms with Crippen molar-refractivity contribution in [3.8, 4) is 11.5 Å². The van der Waals surface area contributed by atoms with Crippen molar-refractivity contribution >= 4 is 58.3 Å². The Morgan fingerprint density at radius 2 is 1.16 bits per heavy atom. The number of carbonyl (C=O) groups is 2. The highest BCUT2D eigenvalue weighted by molar-refractivity contribution is 8.00. The maximum absolute atomic E-state index is 12.5. The Labute approximate surface area is 253 Å². The Hall–Kier alpha value is -4.96. The number of methoxy groups -OCH3 is 2. The second kappa shape index (κ2) is 14.3. The van der Waals surface area contributed by atoms with E-state index >= 15 is 0 Å². The van der Waals surface area contributed by atoms with Crippen molar-refractivity contribution in [3.05, 3.63) is 80.4 Å². The number of H-pyrrole nitrogens is 2. The Balaban J connectivity index is 1.36. The zero-order valence-corrected chi connectivity index (χ0v) is 24.7. The van der Waals surface area contributed by atoms with Crippen molar-refractivity contribution in [1.82, 2.24) is 19.9 Å². The molecule has 224 valence electrons. The smallest absolute Gasteiger partial charge is 0.253 e. The Kier molecular flexibility index (Phi) is 10.3. The van der Waals surface area contributed by atoms with Crippen molar-refractivity contribution in [2.24, 2.45) is 0 Å². The standard InChI is InChI=1S/C27H28N8O6S2/c1-40-18-8-14(3-5-16(18)30-24(38)12-42-26-32-20(28)10-22(36)34-26)7-15-4-6-17(19(9-15)41-2)31-25(39)13-43-27-33-21(29)11-23(37)35-27/h3-6,8-11H,7,12-13H2,1-2H3,(H,30,38)(H,31,39)(H3,28,32,34,36)(H3,29,33,35,37). The molecule has 0 atom stereocenters. The molecule has 0 radical (unpaired) electrons. The number of amides is 2. The topological polar surface area (TPSA) is 220 Å². The fourth-order valence-electron chi connectivity index (χ4n) is 3.82. The number of ether oxygens (including phenoxy) is 2. The van der Waals surface area contributed by atoms with Gasteiger partial charge in [-0.15, -0.1) is 0 Å². The molecule has 2 amide bonds. The van der Waals surface area contributed by atoms with E-state index in [0.717, 1.165) is 46.8 Å². The molecule has 4 rings (SSSR count). The van der Waals surface area contributed by atoms with Crippen molar-refractivity contribution in [1.29, 1.82) is 0 Å². The van der Waals surface area contributed by atoms with E-state index in [0.29, 0.717) is 29.3 Å².